The first-order valence-electron chi connectivity index (χ1n) is 8.70. The molecule has 31 heavy (non-hydrogen) atoms. The molecule has 2 aromatic rings. The maximum absolute atomic E-state index is 14.1. The molecule has 1 saturated heterocycles. The van der Waals surface area contributed by atoms with Crippen molar-refractivity contribution in [1.29, 1.82) is 0 Å². The van der Waals surface area contributed by atoms with E-state index in [1.54, 1.807) is 6.07 Å². The van der Waals surface area contributed by atoms with Gasteiger partial charge in [0, 0.05) is 24.2 Å². The highest BCUT2D eigenvalue weighted by Gasteiger charge is 2.35. The van der Waals surface area contributed by atoms with Gasteiger partial charge in [0.15, 0.2) is 29.9 Å². The maximum Gasteiger partial charge on any atom is 0.260 e. The first-order chi connectivity index (χ1) is 14.6. The fraction of sp³-hybridized carbons (Fsp3) is 0.263. The van der Waals surface area contributed by atoms with Crippen LogP contribution >= 0.6 is 35.0 Å². The van der Waals surface area contributed by atoms with E-state index in [9.17, 15) is 27.2 Å². The molecule has 0 aliphatic carbocycles. The van der Waals surface area contributed by atoms with E-state index in [1.165, 1.54) is 23.3 Å². The molecule has 166 valence electrons. The second-order valence-corrected chi connectivity index (χ2v) is 8.16. The van der Waals surface area contributed by atoms with Crippen LogP contribution in [0, 0.1) is 23.3 Å². The van der Waals surface area contributed by atoms with Gasteiger partial charge in [-0.05, 0) is 18.4 Å². The first kappa shape index (κ1) is 23.5. The number of benzene rings is 2. The van der Waals surface area contributed by atoms with Gasteiger partial charge in [0.1, 0.15) is 5.75 Å². The zero-order chi connectivity index (χ0) is 22.9. The number of hydrogen-bond acceptors (Lipinski definition) is 4. The van der Waals surface area contributed by atoms with Gasteiger partial charge in [-0.15, -0.1) is 11.8 Å². The monoisotopic (exact) mass is 496 g/mol. The van der Waals surface area contributed by atoms with Crippen LogP contribution in [0.3, 0.4) is 0 Å². The normalized spacial score (nSPS) is 13.7. The van der Waals surface area contributed by atoms with Crippen molar-refractivity contribution in [3.8, 4) is 5.75 Å². The minimum Gasteiger partial charge on any atom is -0.482 e. The van der Waals surface area contributed by atoms with Crippen LogP contribution < -0.4 is 10.1 Å². The van der Waals surface area contributed by atoms with Gasteiger partial charge in [0.25, 0.3) is 11.8 Å². The molecular formula is C19H14Cl2F4N2O3S. The predicted molar refractivity (Wildman–Crippen MR) is 108 cm³/mol. The minimum atomic E-state index is -2.07. The van der Waals surface area contributed by atoms with E-state index in [0.29, 0.717) is 16.8 Å². The third-order valence-corrected chi connectivity index (χ3v) is 5.81. The second-order valence-electron chi connectivity index (χ2n) is 6.50. The molecule has 1 fully saturated rings. The number of likely N-dealkylation sites (tertiary alicyclic amines) is 1. The van der Waals surface area contributed by atoms with Crippen molar-refractivity contribution in [3.63, 3.8) is 0 Å². The van der Waals surface area contributed by atoms with Gasteiger partial charge in [0.2, 0.25) is 0 Å². The van der Waals surface area contributed by atoms with E-state index >= 15 is 0 Å². The van der Waals surface area contributed by atoms with Crippen molar-refractivity contribution >= 4 is 46.8 Å². The van der Waals surface area contributed by atoms with Gasteiger partial charge < -0.3 is 15.0 Å². The Morgan fingerprint density at radius 1 is 1.13 bits per heavy atom. The number of ether oxygens (including phenoxy) is 1. The van der Waals surface area contributed by atoms with Gasteiger partial charge in [-0.2, -0.15) is 0 Å². The van der Waals surface area contributed by atoms with Gasteiger partial charge in [0.05, 0.1) is 21.5 Å². The zero-order valence-corrected chi connectivity index (χ0v) is 18.1. The Kier molecular flexibility index (Phi) is 7.23. The molecule has 0 atom stereocenters. The Labute approximate surface area is 188 Å². The molecule has 1 heterocycles. The average Bonchev–Trinajstić information content (AvgIpc) is 2.71. The van der Waals surface area contributed by atoms with E-state index in [2.05, 4.69) is 5.32 Å². The highest BCUT2D eigenvalue weighted by molar-refractivity contribution is 7.98. The van der Waals surface area contributed by atoms with Crippen molar-refractivity contribution in [3.05, 3.63) is 57.1 Å². The summed E-state index contributed by atoms with van der Waals surface area (Å²) in [4.78, 5) is 25.2. The number of rotatable bonds is 6. The van der Waals surface area contributed by atoms with Gasteiger partial charge in [-0.3, -0.25) is 9.59 Å². The largest absolute Gasteiger partial charge is 0.482 e. The summed E-state index contributed by atoms with van der Waals surface area (Å²) in [6.45, 7) is -0.195. The number of thioether (sulfide) groups is 1. The molecule has 0 unspecified atom stereocenters. The number of nitrogens with zero attached hydrogens (tertiary/aromatic N) is 1. The van der Waals surface area contributed by atoms with Crippen LogP contribution in [-0.2, 0) is 4.79 Å². The Morgan fingerprint density at radius 3 is 2.42 bits per heavy atom. The second kappa shape index (κ2) is 9.54. The van der Waals surface area contributed by atoms with E-state index < -0.39 is 51.6 Å². The Balaban J connectivity index is 1.58. The number of halogens is 6. The number of carbonyl (C=O) groups is 2. The van der Waals surface area contributed by atoms with Crippen LogP contribution in [-0.4, -0.2) is 48.7 Å². The first-order valence-corrected chi connectivity index (χ1v) is 10.7. The Morgan fingerprint density at radius 2 is 1.77 bits per heavy atom. The number of hydrogen-bond donors (Lipinski definition) is 1. The fourth-order valence-electron chi connectivity index (χ4n) is 2.86. The molecule has 3 rings (SSSR count). The lowest BCUT2D eigenvalue weighted by Crippen LogP contribution is -2.61. The number of nitrogens with one attached hydrogen (secondary N) is 1. The standard InChI is InChI=1S/C19H14Cl2F4N2O3S/c1-31-18-13(14(22)15(23)16(24)17(18)25)19(29)26-9-5-27(6-9)12(28)7-30-11-4-8(20)2-3-10(11)21/h2-4,9H,5-7H2,1H3,(H,26,29). The smallest absolute Gasteiger partial charge is 0.260 e. The third-order valence-electron chi connectivity index (χ3n) is 4.47. The van der Waals surface area contributed by atoms with Gasteiger partial charge in [-0.1, -0.05) is 23.2 Å². The topological polar surface area (TPSA) is 58.6 Å². The van der Waals surface area contributed by atoms with Crippen LogP contribution in [0.1, 0.15) is 10.4 Å². The lowest BCUT2D eigenvalue weighted by molar-refractivity contribution is -0.138. The molecule has 0 bridgehead atoms. The van der Waals surface area contributed by atoms with Crippen molar-refractivity contribution < 1.29 is 31.9 Å². The molecule has 5 nitrogen and oxygen atoms in total. The molecule has 1 aliphatic rings. The summed E-state index contributed by atoms with van der Waals surface area (Å²) >= 11 is 12.4. The number of carbonyl (C=O) groups excluding carboxylic acids is 2. The SMILES string of the molecule is CSc1c(F)c(F)c(F)c(F)c1C(=O)NC1CN(C(=O)COc2cc(Cl)ccc2Cl)C1. The van der Waals surface area contributed by atoms with Crippen molar-refractivity contribution in [2.45, 2.75) is 10.9 Å². The van der Waals surface area contributed by atoms with Crippen molar-refractivity contribution in [2.75, 3.05) is 26.0 Å². The highest BCUT2D eigenvalue weighted by atomic mass is 35.5. The third kappa shape index (κ3) is 4.86. The van der Waals surface area contributed by atoms with Crippen LogP contribution in [0.4, 0.5) is 17.6 Å². The van der Waals surface area contributed by atoms with Crippen molar-refractivity contribution in [2.24, 2.45) is 0 Å². The predicted octanol–water partition coefficient (Wildman–Crippen LogP) is 4.29. The fourth-order valence-corrected chi connectivity index (χ4v) is 3.85. The van der Waals surface area contributed by atoms with Crippen LogP contribution in [0.25, 0.3) is 0 Å². The molecule has 2 aromatic carbocycles. The van der Waals surface area contributed by atoms with E-state index in [-0.39, 0.29) is 30.5 Å². The van der Waals surface area contributed by atoms with Crippen LogP contribution in [0.15, 0.2) is 23.1 Å². The molecule has 12 heteroatoms. The Hall–Kier alpha value is -2.17. The van der Waals surface area contributed by atoms with E-state index in [0.717, 1.165) is 0 Å². The summed E-state index contributed by atoms with van der Waals surface area (Å²) in [5, 5.41) is 3.03. The summed E-state index contributed by atoms with van der Waals surface area (Å²) in [5.74, 6) is -8.76. The van der Waals surface area contributed by atoms with Gasteiger partial charge >= 0.3 is 0 Å². The van der Waals surface area contributed by atoms with Gasteiger partial charge in [-0.25, -0.2) is 17.6 Å². The lowest BCUT2D eigenvalue weighted by atomic mass is 10.1. The molecule has 2 amide bonds. The van der Waals surface area contributed by atoms with Crippen molar-refractivity contribution in [1.82, 2.24) is 10.2 Å². The molecule has 1 aliphatic heterocycles. The molecule has 0 aromatic heterocycles. The summed E-state index contributed by atoms with van der Waals surface area (Å²) in [7, 11) is 0. The molecule has 0 radical (unpaired) electrons. The van der Waals surface area contributed by atoms with Crippen LogP contribution in [0.5, 0.6) is 5.75 Å². The van der Waals surface area contributed by atoms with Crippen LogP contribution in [0.2, 0.25) is 10.0 Å². The van der Waals surface area contributed by atoms with E-state index in [1.807, 2.05) is 0 Å². The molecule has 0 saturated carbocycles. The quantitative estimate of drug-likeness (QED) is 0.280. The molecule has 0 spiro atoms. The summed E-state index contributed by atoms with van der Waals surface area (Å²) in [6, 6.07) is 3.94. The number of amides is 2. The molecular weight excluding hydrogens is 483 g/mol. The maximum atomic E-state index is 14.1. The Bertz CT molecular complexity index is 1050. The highest BCUT2D eigenvalue weighted by Crippen LogP contribution is 2.31. The zero-order valence-electron chi connectivity index (χ0n) is 15.8. The molecule has 1 N–H and O–H groups in total. The minimum absolute atomic E-state index is 0.0690. The summed E-state index contributed by atoms with van der Waals surface area (Å²) < 4.78 is 60.2. The summed E-state index contributed by atoms with van der Waals surface area (Å²) in [6.07, 6.45) is 1.29. The summed E-state index contributed by atoms with van der Waals surface area (Å²) in [5.41, 5.74) is -0.924. The lowest BCUT2D eigenvalue weighted by Gasteiger charge is -2.39. The average molecular weight is 497 g/mol. The van der Waals surface area contributed by atoms with E-state index in [4.69, 9.17) is 27.9 Å².